The molecule has 0 fully saturated rings. The lowest BCUT2D eigenvalue weighted by molar-refractivity contribution is 0.0940. The maximum atomic E-state index is 13.5. The summed E-state index contributed by atoms with van der Waals surface area (Å²) in [5, 5.41) is 2.96. The largest absolute Gasteiger partial charge is 0.347 e. The molecular weight excluding hydrogens is 340 g/mol. The number of amides is 1. The number of fused-ring (bicyclic) bond motifs is 1. The number of rotatable bonds is 5. The summed E-state index contributed by atoms with van der Waals surface area (Å²) in [7, 11) is 0. The van der Waals surface area contributed by atoms with Crippen LogP contribution in [0.1, 0.15) is 29.4 Å². The Bertz CT molecular complexity index is 1020. The van der Waals surface area contributed by atoms with Crippen LogP contribution in [-0.4, -0.2) is 15.5 Å². The Morgan fingerprint density at radius 1 is 1.23 bits per heavy atom. The predicted octanol–water partition coefficient (Wildman–Crippen LogP) is 3.01. The molecule has 0 saturated heterocycles. The number of pyridine rings is 2. The number of benzene rings is 1. The van der Waals surface area contributed by atoms with Gasteiger partial charge in [0, 0.05) is 25.5 Å². The summed E-state index contributed by atoms with van der Waals surface area (Å²) in [5.41, 5.74) is 0.396. The van der Waals surface area contributed by atoms with E-state index in [0.29, 0.717) is 13.0 Å². The number of aromatic nitrogens is 2. The highest BCUT2D eigenvalue weighted by atomic mass is 19.2. The number of carbonyl (C=O) groups excluding carboxylic acids is 1. The molecule has 26 heavy (non-hydrogen) atoms. The molecule has 5 nitrogen and oxygen atoms in total. The lowest BCUT2D eigenvalue weighted by atomic mass is 10.1. The summed E-state index contributed by atoms with van der Waals surface area (Å²) >= 11 is 0. The molecule has 3 aromatic rings. The number of carbonyl (C=O) groups is 1. The molecule has 2 aromatic heterocycles. The number of nitrogens with zero attached hydrogens (tertiary/aromatic N) is 2. The zero-order valence-electron chi connectivity index (χ0n) is 14.1. The zero-order chi connectivity index (χ0) is 18.7. The summed E-state index contributed by atoms with van der Waals surface area (Å²) in [6, 6.07) is 6.77. The lowest BCUT2D eigenvalue weighted by Gasteiger charge is -2.14. The molecule has 0 radical (unpaired) electrons. The monoisotopic (exact) mass is 357 g/mol. The summed E-state index contributed by atoms with van der Waals surface area (Å²) in [6.45, 7) is 2.39. The highest BCUT2D eigenvalue weighted by Gasteiger charge is 2.17. The molecule has 0 aliphatic carbocycles. The van der Waals surface area contributed by atoms with Gasteiger partial charge in [0.15, 0.2) is 11.6 Å². The second kappa shape index (κ2) is 7.43. The molecule has 0 aliphatic heterocycles. The predicted molar refractivity (Wildman–Crippen MR) is 93.8 cm³/mol. The molecular formula is C19H17F2N3O2. The van der Waals surface area contributed by atoms with E-state index in [4.69, 9.17) is 0 Å². The van der Waals surface area contributed by atoms with E-state index in [2.05, 4.69) is 10.3 Å². The Kier molecular flexibility index (Phi) is 5.06. The Morgan fingerprint density at radius 2 is 2.00 bits per heavy atom. The third-order valence-electron chi connectivity index (χ3n) is 4.01. The minimum atomic E-state index is -1.09. The molecule has 1 N–H and O–H groups in total. The molecule has 3 rings (SSSR count). The van der Waals surface area contributed by atoms with Crippen LogP contribution in [0, 0.1) is 11.6 Å². The lowest BCUT2D eigenvalue weighted by Crippen LogP contribution is -2.32. The molecule has 0 saturated carbocycles. The normalized spacial score (nSPS) is 10.9. The Hall–Kier alpha value is -3.09. The summed E-state index contributed by atoms with van der Waals surface area (Å²) in [5.74, 6) is -2.62. The highest BCUT2D eigenvalue weighted by molar-refractivity contribution is 5.96. The van der Waals surface area contributed by atoms with E-state index in [9.17, 15) is 18.4 Å². The van der Waals surface area contributed by atoms with Crippen molar-refractivity contribution in [1.29, 1.82) is 0 Å². The molecule has 2 heterocycles. The van der Waals surface area contributed by atoms with Gasteiger partial charge in [0.1, 0.15) is 5.69 Å². The summed E-state index contributed by atoms with van der Waals surface area (Å²) in [6.07, 6.45) is 3.86. The maximum Gasteiger partial charge on any atom is 0.268 e. The number of hydrogen-bond acceptors (Lipinski definition) is 3. The topological polar surface area (TPSA) is 64.0 Å². The Balaban J connectivity index is 2.02. The van der Waals surface area contributed by atoms with Crippen molar-refractivity contribution >= 4 is 16.7 Å². The molecule has 0 atom stereocenters. The van der Waals surface area contributed by atoms with E-state index >= 15 is 0 Å². The van der Waals surface area contributed by atoms with E-state index in [-0.39, 0.29) is 23.0 Å². The third kappa shape index (κ3) is 3.46. The summed E-state index contributed by atoms with van der Waals surface area (Å²) in [4.78, 5) is 29.2. The van der Waals surface area contributed by atoms with Gasteiger partial charge in [-0.3, -0.25) is 14.6 Å². The van der Waals surface area contributed by atoms with Gasteiger partial charge in [-0.15, -0.1) is 0 Å². The van der Waals surface area contributed by atoms with Gasteiger partial charge in [-0.05, 0) is 41.6 Å². The van der Waals surface area contributed by atoms with Gasteiger partial charge < -0.3 is 9.88 Å². The highest BCUT2D eigenvalue weighted by Crippen LogP contribution is 2.17. The average molecular weight is 357 g/mol. The van der Waals surface area contributed by atoms with E-state index in [1.54, 1.807) is 18.5 Å². The average Bonchev–Trinajstić information content (AvgIpc) is 2.64. The van der Waals surface area contributed by atoms with Crippen LogP contribution < -0.4 is 10.9 Å². The van der Waals surface area contributed by atoms with Crippen molar-refractivity contribution in [3.63, 3.8) is 0 Å². The van der Waals surface area contributed by atoms with Gasteiger partial charge in [-0.25, -0.2) is 8.78 Å². The summed E-state index contributed by atoms with van der Waals surface area (Å²) < 4.78 is 28.3. The SMILES string of the molecule is CCCn1c(C(=O)NCc2cccnc2)cc2cc(F)c(F)cc2c1=O. The first-order chi connectivity index (χ1) is 12.5. The quantitative estimate of drug-likeness (QED) is 0.763. The molecule has 0 unspecified atom stereocenters. The second-order valence-corrected chi connectivity index (χ2v) is 5.88. The number of hydrogen-bond donors (Lipinski definition) is 1. The van der Waals surface area contributed by atoms with Gasteiger partial charge in [0.2, 0.25) is 0 Å². The minimum Gasteiger partial charge on any atom is -0.347 e. The fraction of sp³-hybridized carbons (Fsp3) is 0.211. The van der Waals surface area contributed by atoms with Crippen LogP contribution in [-0.2, 0) is 13.1 Å². The molecule has 0 aliphatic rings. The van der Waals surface area contributed by atoms with Crippen molar-refractivity contribution in [2.24, 2.45) is 0 Å². The molecule has 7 heteroatoms. The van der Waals surface area contributed by atoms with E-state index < -0.39 is 23.1 Å². The van der Waals surface area contributed by atoms with Crippen molar-refractivity contribution in [2.45, 2.75) is 26.4 Å². The second-order valence-electron chi connectivity index (χ2n) is 5.88. The number of nitrogens with one attached hydrogen (secondary N) is 1. The van der Waals surface area contributed by atoms with Crippen molar-refractivity contribution in [3.05, 3.63) is 76.0 Å². The first-order valence-electron chi connectivity index (χ1n) is 8.21. The van der Waals surface area contributed by atoms with Crippen molar-refractivity contribution in [2.75, 3.05) is 0 Å². The standard InChI is InChI=1S/C19H17F2N3O2/c1-2-6-24-17(18(25)23-11-12-4-3-5-22-10-12)8-13-7-15(20)16(21)9-14(13)19(24)26/h3-5,7-10H,2,6,11H2,1H3,(H,23,25). The first-order valence-corrected chi connectivity index (χ1v) is 8.21. The van der Waals surface area contributed by atoms with E-state index in [1.165, 1.54) is 10.6 Å². The fourth-order valence-corrected chi connectivity index (χ4v) is 2.76. The third-order valence-corrected chi connectivity index (χ3v) is 4.01. The van der Waals surface area contributed by atoms with Crippen LogP contribution >= 0.6 is 0 Å². The van der Waals surface area contributed by atoms with Crippen molar-refractivity contribution in [3.8, 4) is 0 Å². The van der Waals surface area contributed by atoms with Gasteiger partial charge in [0.05, 0.1) is 5.39 Å². The van der Waals surface area contributed by atoms with E-state index in [0.717, 1.165) is 17.7 Å². The minimum absolute atomic E-state index is 0.0427. The Morgan fingerprint density at radius 3 is 2.69 bits per heavy atom. The first kappa shape index (κ1) is 17.7. The molecule has 1 amide bonds. The van der Waals surface area contributed by atoms with Gasteiger partial charge in [-0.1, -0.05) is 13.0 Å². The Labute approximate surface area is 148 Å². The van der Waals surface area contributed by atoms with Gasteiger partial charge in [-0.2, -0.15) is 0 Å². The van der Waals surface area contributed by atoms with Crippen LogP contribution in [0.4, 0.5) is 8.78 Å². The number of halogens is 2. The maximum absolute atomic E-state index is 13.5. The van der Waals surface area contributed by atoms with Crippen LogP contribution in [0.5, 0.6) is 0 Å². The van der Waals surface area contributed by atoms with Crippen LogP contribution in [0.3, 0.4) is 0 Å². The fourth-order valence-electron chi connectivity index (χ4n) is 2.76. The van der Waals surface area contributed by atoms with Crippen LogP contribution in [0.25, 0.3) is 10.8 Å². The van der Waals surface area contributed by atoms with Crippen molar-refractivity contribution < 1.29 is 13.6 Å². The van der Waals surface area contributed by atoms with Crippen molar-refractivity contribution in [1.82, 2.24) is 14.9 Å². The van der Waals surface area contributed by atoms with Crippen LogP contribution in [0.2, 0.25) is 0 Å². The van der Waals surface area contributed by atoms with E-state index in [1.807, 2.05) is 13.0 Å². The molecule has 0 bridgehead atoms. The molecule has 1 aromatic carbocycles. The van der Waals surface area contributed by atoms with Gasteiger partial charge >= 0.3 is 0 Å². The zero-order valence-corrected chi connectivity index (χ0v) is 14.1. The molecule has 0 spiro atoms. The molecule has 134 valence electrons. The van der Waals surface area contributed by atoms with Gasteiger partial charge in [0.25, 0.3) is 11.5 Å². The van der Waals surface area contributed by atoms with Crippen LogP contribution in [0.15, 0.2) is 47.5 Å². The smallest absolute Gasteiger partial charge is 0.268 e.